The van der Waals surface area contributed by atoms with Crippen LogP contribution in [0.3, 0.4) is 0 Å². The standard InChI is InChI=1S/C43H68O12S/c1-3-5-7-9-11-13-15-17-18-20-22-24-26-28-30-32-39(45)54-36(34-53-43-42(48)41(47)40(46)37(55-43)35-56(49,50)51)33-52-38(44)31-29-27-25-23-21-19-16-14-12-10-8-6-4-2/h5-8,11-14,17-19,21-22,24,36-37,40-43,46-48H,3-4,9-10,15-16,20,23,25-35H2,1-2H3,(H,49,50,51)/b7-5-,8-6-,13-11-,14-12-,18-17-,21-19-,24-22-. The van der Waals surface area contributed by atoms with E-state index in [2.05, 4.69) is 98.9 Å². The van der Waals surface area contributed by atoms with Crippen LogP contribution in [0, 0.1) is 0 Å². The molecule has 6 unspecified atom stereocenters. The lowest BCUT2D eigenvalue weighted by molar-refractivity contribution is -0.297. The maximum Gasteiger partial charge on any atom is 0.306 e. The van der Waals surface area contributed by atoms with Gasteiger partial charge in [0.05, 0.1) is 6.61 Å². The third-order valence-corrected chi connectivity index (χ3v) is 9.22. The van der Waals surface area contributed by atoms with E-state index in [1.807, 2.05) is 0 Å². The van der Waals surface area contributed by atoms with Crippen molar-refractivity contribution in [2.45, 2.75) is 153 Å². The van der Waals surface area contributed by atoms with E-state index in [1.54, 1.807) is 0 Å². The third-order valence-electron chi connectivity index (χ3n) is 8.47. The summed E-state index contributed by atoms with van der Waals surface area (Å²) in [6.07, 6.45) is 32.2. The van der Waals surface area contributed by atoms with E-state index in [9.17, 15) is 37.9 Å². The van der Waals surface area contributed by atoms with Gasteiger partial charge >= 0.3 is 11.9 Å². The number of ether oxygens (including phenoxy) is 4. The number of rotatable bonds is 31. The van der Waals surface area contributed by atoms with Gasteiger partial charge in [-0.05, 0) is 83.5 Å². The molecule has 0 radical (unpaired) electrons. The summed E-state index contributed by atoms with van der Waals surface area (Å²) in [4.78, 5) is 25.3. The highest BCUT2D eigenvalue weighted by Crippen LogP contribution is 2.23. The Morgan fingerprint density at radius 2 is 1.07 bits per heavy atom. The first-order valence-corrected chi connectivity index (χ1v) is 21.8. The Kier molecular flexibility index (Phi) is 29.8. The number of carbonyl (C=O) groups is 2. The number of aliphatic hydroxyl groups is 3. The summed E-state index contributed by atoms with van der Waals surface area (Å²) in [6.45, 7) is 3.43. The largest absolute Gasteiger partial charge is 0.462 e. The van der Waals surface area contributed by atoms with Crippen LogP contribution in [0.5, 0.6) is 0 Å². The summed E-state index contributed by atoms with van der Waals surface area (Å²) < 4.78 is 53.8. The fourth-order valence-electron chi connectivity index (χ4n) is 5.38. The Balaban J connectivity index is 2.57. The molecule has 1 aliphatic rings. The fraction of sp³-hybridized carbons (Fsp3) is 0.628. The van der Waals surface area contributed by atoms with Crippen molar-refractivity contribution < 1.29 is 56.8 Å². The van der Waals surface area contributed by atoms with E-state index in [0.717, 1.165) is 77.0 Å². The average Bonchev–Trinajstić information content (AvgIpc) is 3.16. The van der Waals surface area contributed by atoms with Crippen molar-refractivity contribution in [3.8, 4) is 0 Å². The highest BCUT2D eigenvalue weighted by molar-refractivity contribution is 7.85. The molecule has 0 aromatic heterocycles. The van der Waals surface area contributed by atoms with Crippen molar-refractivity contribution in [2.24, 2.45) is 0 Å². The Morgan fingerprint density at radius 3 is 1.59 bits per heavy atom. The molecular formula is C43H68O12S. The van der Waals surface area contributed by atoms with Crippen molar-refractivity contribution in [2.75, 3.05) is 19.0 Å². The van der Waals surface area contributed by atoms with E-state index in [4.69, 9.17) is 18.9 Å². The number of hydrogen-bond donors (Lipinski definition) is 4. The molecule has 6 atom stereocenters. The number of aliphatic hydroxyl groups excluding tert-OH is 3. The van der Waals surface area contributed by atoms with Crippen LogP contribution in [0.15, 0.2) is 85.1 Å². The highest BCUT2D eigenvalue weighted by Gasteiger charge is 2.46. The summed E-state index contributed by atoms with van der Waals surface area (Å²) in [5.74, 6) is -2.09. The van der Waals surface area contributed by atoms with Crippen molar-refractivity contribution in [1.82, 2.24) is 0 Å². The van der Waals surface area contributed by atoms with Gasteiger partial charge in [-0.15, -0.1) is 0 Å². The van der Waals surface area contributed by atoms with Gasteiger partial charge in [0.25, 0.3) is 10.1 Å². The van der Waals surface area contributed by atoms with Gasteiger partial charge in [0.1, 0.15) is 36.8 Å². The second-order valence-corrected chi connectivity index (χ2v) is 15.0. The maximum absolute atomic E-state index is 12.7. The molecule has 13 heteroatoms. The van der Waals surface area contributed by atoms with Crippen LogP contribution in [0.25, 0.3) is 0 Å². The molecule has 1 heterocycles. The van der Waals surface area contributed by atoms with E-state index in [-0.39, 0.29) is 19.4 Å². The van der Waals surface area contributed by atoms with Gasteiger partial charge in [0, 0.05) is 12.8 Å². The van der Waals surface area contributed by atoms with Crippen molar-refractivity contribution >= 4 is 22.1 Å². The van der Waals surface area contributed by atoms with Crippen LogP contribution in [0.1, 0.15) is 117 Å². The molecule has 0 spiro atoms. The summed E-state index contributed by atoms with van der Waals surface area (Å²) >= 11 is 0. The molecule has 4 N–H and O–H groups in total. The van der Waals surface area contributed by atoms with Crippen LogP contribution in [0.4, 0.5) is 0 Å². The quantitative estimate of drug-likeness (QED) is 0.0237. The lowest BCUT2D eigenvalue weighted by atomic mass is 10.00. The molecule has 1 aliphatic heterocycles. The van der Waals surface area contributed by atoms with Crippen LogP contribution in [-0.2, 0) is 38.7 Å². The van der Waals surface area contributed by atoms with Crippen molar-refractivity contribution in [3.05, 3.63) is 85.1 Å². The third kappa shape index (κ3) is 27.4. The molecule has 0 aliphatic carbocycles. The first-order valence-electron chi connectivity index (χ1n) is 20.1. The molecule has 1 saturated heterocycles. The van der Waals surface area contributed by atoms with Crippen LogP contribution >= 0.6 is 0 Å². The fourth-order valence-corrected chi connectivity index (χ4v) is 6.08. The number of unbranched alkanes of at least 4 members (excludes halogenated alkanes) is 5. The molecule has 1 rings (SSSR count). The first kappa shape index (κ1) is 50.8. The van der Waals surface area contributed by atoms with Crippen molar-refractivity contribution in [1.29, 1.82) is 0 Å². The molecule has 1 fully saturated rings. The predicted octanol–water partition coefficient (Wildman–Crippen LogP) is 7.33. The molecule has 56 heavy (non-hydrogen) atoms. The molecule has 0 aromatic rings. The minimum absolute atomic E-state index is 0.100. The molecule has 12 nitrogen and oxygen atoms in total. The lowest BCUT2D eigenvalue weighted by Crippen LogP contribution is -2.60. The van der Waals surface area contributed by atoms with Gasteiger partial charge in [-0.3, -0.25) is 14.1 Å². The van der Waals surface area contributed by atoms with Crippen LogP contribution in [0.2, 0.25) is 0 Å². The van der Waals surface area contributed by atoms with E-state index in [0.29, 0.717) is 12.8 Å². The summed E-state index contributed by atoms with van der Waals surface area (Å²) in [7, 11) is -4.61. The molecule has 0 bridgehead atoms. The van der Waals surface area contributed by atoms with Gasteiger partial charge in [-0.1, -0.05) is 105 Å². The van der Waals surface area contributed by atoms with Crippen molar-refractivity contribution in [3.63, 3.8) is 0 Å². The number of hydrogen-bond acceptors (Lipinski definition) is 11. The first-order chi connectivity index (χ1) is 27.0. The normalized spacial score (nSPS) is 21.6. The monoisotopic (exact) mass is 808 g/mol. The summed E-state index contributed by atoms with van der Waals surface area (Å²) in [6, 6.07) is 0. The Hall–Kier alpha value is -3.17. The zero-order valence-corrected chi connectivity index (χ0v) is 34.3. The zero-order valence-electron chi connectivity index (χ0n) is 33.4. The van der Waals surface area contributed by atoms with Gasteiger partial charge in [0.2, 0.25) is 0 Å². The SMILES string of the molecule is CC/C=C\C/C=C\C/C=C\C/C=C\CCCCC(=O)OC(COC(=O)CCCCC/C=C\C/C=C\C/C=C\CC)COC1OC(CS(=O)(=O)O)C(O)C(O)C1O. The van der Waals surface area contributed by atoms with E-state index < -0.39 is 71.2 Å². The number of carbonyl (C=O) groups excluding carboxylic acids is 2. The topological polar surface area (TPSA) is 186 Å². The molecule has 0 saturated carbocycles. The molecular weight excluding hydrogens is 741 g/mol. The number of allylic oxidation sites excluding steroid dienone is 14. The van der Waals surface area contributed by atoms with Gasteiger partial charge < -0.3 is 34.3 Å². The highest BCUT2D eigenvalue weighted by atomic mass is 32.2. The minimum atomic E-state index is -4.61. The smallest absolute Gasteiger partial charge is 0.306 e. The Morgan fingerprint density at radius 1 is 0.607 bits per heavy atom. The van der Waals surface area contributed by atoms with Crippen LogP contribution < -0.4 is 0 Å². The Labute approximate surface area is 335 Å². The van der Waals surface area contributed by atoms with Gasteiger partial charge in [-0.25, -0.2) is 0 Å². The van der Waals surface area contributed by atoms with Gasteiger partial charge in [-0.2, -0.15) is 8.42 Å². The lowest BCUT2D eigenvalue weighted by Gasteiger charge is -2.40. The van der Waals surface area contributed by atoms with Crippen LogP contribution in [-0.4, -0.2) is 96.0 Å². The average molecular weight is 809 g/mol. The molecule has 318 valence electrons. The maximum atomic E-state index is 12.7. The number of esters is 2. The predicted molar refractivity (Wildman–Crippen MR) is 219 cm³/mol. The van der Waals surface area contributed by atoms with E-state index >= 15 is 0 Å². The van der Waals surface area contributed by atoms with E-state index in [1.165, 1.54) is 0 Å². The summed E-state index contributed by atoms with van der Waals surface area (Å²) in [5.41, 5.74) is 0. The second-order valence-electron chi connectivity index (χ2n) is 13.5. The minimum Gasteiger partial charge on any atom is -0.462 e. The summed E-state index contributed by atoms with van der Waals surface area (Å²) in [5, 5.41) is 30.8. The Bertz CT molecular complexity index is 1360. The van der Waals surface area contributed by atoms with Gasteiger partial charge in [0.15, 0.2) is 12.4 Å². The second kappa shape index (κ2) is 32.9. The zero-order chi connectivity index (χ0) is 41.3. The molecule has 0 amide bonds. The molecule has 0 aromatic carbocycles.